The molecule has 1 N–H and O–H groups in total. The van der Waals surface area contributed by atoms with E-state index in [9.17, 15) is 19.5 Å². The third-order valence-corrected chi connectivity index (χ3v) is 4.21. The van der Waals surface area contributed by atoms with Crippen LogP contribution in [0.3, 0.4) is 0 Å². The first-order valence-electron chi connectivity index (χ1n) is 8.79. The fourth-order valence-corrected chi connectivity index (χ4v) is 2.73. The van der Waals surface area contributed by atoms with Crippen molar-refractivity contribution in [3.63, 3.8) is 0 Å². The van der Waals surface area contributed by atoms with Gasteiger partial charge >= 0.3 is 12.2 Å². The molecule has 0 bridgehead atoms. The van der Waals surface area contributed by atoms with Crippen LogP contribution < -0.4 is 10.4 Å². The highest BCUT2D eigenvalue weighted by Gasteiger charge is 2.40. The maximum absolute atomic E-state index is 12.1. The van der Waals surface area contributed by atoms with Gasteiger partial charge in [-0.05, 0) is 39.2 Å². The maximum Gasteiger partial charge on any atom is 0.410 e. The summed E-state index contributed by atoms with van der Waals surface area (Å²) in [6, 6.07) is 9.05. The molecule has 0 atom stereocenters. The molecule has 27 heavy (non-hydrogen) atoms. The third-order valence-electron chi connectivity index (χ3n) is 4.21. The van der Waals surface area contributed by atoms with Gasteiger partial charge in [0.1, 0.15) is 12.2 Å². The van der Waals surface area contributed by atoms with Crippen LogP contribution in [-0.4, -0.2) is 47.3 Å². The molecule has 2 amide bonds. The average molecular weight is 377 g/mol. The number of rotatable bonds is 4. The quantitative estimate of drug-likeness (QED) is 0.850. The van der Waals surface area contributed by atoms with E-state index in [1.165, 1.54) is 4.90 Å². The summed E-state index contributed by atoms with van der Waals surface area (Å²) in [4.78, 5) is 37.3. The van der Waals surface area contributed by atoms with Crippen LogP contribution in [-0.2, 0) is 20.9 Å². The Labute approximate surface area is 158 Å². The lowest BCUT2D eigenvalue weighted by atomic mass is 9.88. The van der Waals surface area contributed by atoms with Gasteiger partial charge in [-0.15, -0.1) is 0 Å². The fraction of sp³-hybridized carbons (Fsp3) is 0.526. The lowest BCUT2D eigenvalue weighted by molar-refractivity contribution is -0.315. The molecular weight excluding hydrogens is 352 g/mol. The Morgan fingerprint density at radius 3 is 2.26 bits per heavy atom. The van der Waals surface area contributed by atoms with Gasteiger partial charge in [0.25, 0.3) is 0 Å². The first-order chi connectivity index (χ1) is 12.6. The van der Waals surface area contributed by atoms with Crippen LogP contribution in [0.25, 0.3) is 0 Å². The number of ether oxygens (including phenoxy) is 2. The van der Waals surface area contributed by atoms with E-state index in [4.69, 9.17) is 9.47 Å². The number of nitrogens with one attached hydrogen (secondary N) is 1. The lowest BCUT2D eigenvalue weighted by Crippen LogP contribution is -2.64. The molecule has 8 nitrogen and oxygen atoms in total. The number of carbonyl (C=O) groups is 3. The van der Waals surface area contributed by atoms with Crippen molar-refractivity contribution in [1.82, 2.24) is 10.2 Å². The number of amides is 2. The van der Waals surface area contributed by atoms with E-state index in [-0.39, 0.29) is 32.5 Å². The van der Waals surface area contributed by atoms with Gasteiger partial charge in [0.15, 0.2) is 0 Å². The zero-order valence-electron chi connectivity index (χ0n) is 15.8. The maximum atomic E-state index is 12.1. The minimum absolute atomic E-state index is 0.00894. The van der Waals surface area contributed by atoms with E-state index in [1.54, 1.807) is 32.9 Å². The number of piperidine rings is 1. The first kappa shape index (κ1) is 20.5. The molecular formula is C19H25N2O6-. The molecule has 1 fully saturated rings. The van der Waals surface area contributed by atoms with Crippen molar-refractivity contribution >= 4 is 18.2 Å². The molecule has 0 aliphatic carbocycles. The van der Waals surface area contributed by atoms with Gasteiger partial charge in [-0.25, -0.2) is 9.59 Å². The van der Waals surface area contributed by atoms with Gasteiger partial charge in [0, 0.05) is 13.1 Å². The van der Waals surface area contributed by atoms with Crippen molar-refractivity contribution in [2.75, 3.05) is 13.1 Å². The number of likely N-dealkylation sites (tertiary alicyclic amines) is 1. The lowest BCUT2D eigenvalue weighted by Gasteiger charge is -2.42. The second-order valence-electron chi connectivity index (χ2n) is 7.52. The Morgan fingerprint density at radius 2 is 1.74 bits per heavy atom. The largest absolute Gasteiger partial charge is 0.548 e. The van der Waals surface area contributed by atoms with E-state index >= 15 is 0 Å². The molecule has 1 aromatic rings. The number of carbonyl (C=O) groups excluding carboxylic acids is 3. The monoisotopic (exact) mass is 377 g/mol. The number of hydrogen-bond acceptors (Lipinski definition) is 6. The topological polar surface area (TPSA) is 108 Å². The van der Waals surface area contributed by atoms with Crippen molar-refractivity contribution in [1.29, 1.82) is 0 Å². The molecule has 0 spiro atoms. The number of hydrogen-bond donors (Lipinski definition) is 1. The van der Waals surface area contributed by atoms with Crippen LogP contribution in [0.5, 0.6) is 0 Å². The summed E-state index contributed by atoms with van der Waals surface area (Å²) in [6.07, 6.45) is -1.33. The second-order valence-corrected chi connectivity index (χ2v) is 7.52. The SMILES string of the molecule is CC(C)(C)OC(=O)N1CCC(NC(=O)OCc2ccccc2)(C(=O)[O-])CC1. The van der Waals surface area contributed by atoms with Crippen molar-refractivity contribution in [2.45, 2.75) is 51.4 Å². The standard InChI is InChI=1S/C19H26N2O6/c1-18(2,3)27-17(25)21-11-9-19(10-12-21,15(22)23)20-16(24)26-13-14-7-5-4-6-8-14/h4-8H,9-13H2,1-3H3,(H,20,24)(H,22,23)/p-1. The number of aliphatic carboxylic acids is 1. The molecule has 1 aliphatic rings. The van der Waals surface area contributed by atoms with E-state index in [0.29, 0.717) is 0 Å². The Kier molecular flexibility index (Phi) is 6.30. The van der Waals surface area contributed by atoms with Crippen LogP contribution in [0.4, 0.5) is 9.59 Å². The molecule has 1 saturated heterocycles. The molecule has 148 valence electrons. The molecule has 1 aliphatic heterocycles. The highest BCUT2D eigenvalue weighted by atomic mass is 16.6. The van der Waals surface area contributed by atoms with Gasteiger partial charge in [0.2, 0.25) is 0 Å². The van der Waals surface area contributed by atoms with Gasteiger partial charge < -0.3 is 29.6 Å². The number of nitrogens with zero attached hydrogens (tertiary/aromatic N) is 1. The number of alkyl carbamates (subject to hydrolysis) is 1. The van der Waals surface area contributed by atoms with Gasteiger partial charge in [-0.1, -0.05) is 30.3 Å². The Hall–Kier alpha value is -2.77. The van der Waals surface area contributed by atoms with E-state index in [0.717, 1.165) is 5.56 Å². The zero-order valence-corrected chi connectivity index (χ0v) is 15.8. The van der Waals surface area contributed by atoms with Gasteiger partial charge in [-0.2, -0.15) is 0 Å². The highest BCUT2D eigenvalue weighted by Crippen LogP contribution is 2.24. The molecule has 0 unspecified atom stereocenters. The predicted octanol–water partition coefficient (Wildman–Crippen LogP) is 1.43. The average Bonchev–Trinajstić information content (AvgIpc) is 2.60. The smallest absolute Gasteiger partial charge is 0.410 e. The van der Waals surface area contributed by atoms with E-state index in [2.05, 4.69) is 5.32 Å². The summed E-state index contributed by atoms with van der Waals surface area (Å²) in [7, 11) is 0. The molecule has 8 heteroatoms. The van der Waals surface area contributed by atoms with Crippen molar-refractivity contribution in [3.05, 3.63) is 35.9 Å². The third kappa shape index (κ3) is 5.87. The summed E-state index contributed by atoms with van der Waals surface area (Å²) >= 11 is 0. The zero-order chi connectivity index (χ0) is 20.1. The minimum atomic E-state index is -1.58. The summed E-state index contributed by atoms with van der Waals surface area (Å²) in [5.74, 6) is -1.40. The molecule has 2 rings (SSSR count). The second kappa shape index (κ2) is 8.28. The van der Waals surface area contributed by atoms with Gasteiger partial charge in [-0.3, -0.25) is 0 Å². The van der Waals surface area contributed by atoms with Crippen LogP contribution in [0.1, 0.15) is 39.2 Å². The summed E-state index contributed by atoms with van der Waals surface area (Å²) < 4.78 is 10.4. The van der Waals surface area contributed by atoms with Crippen molar-refractivity contribution in [2.24, 2.45) is 0 Å². The summed E-state index contributed by atoms with van der Waals surface area (Å²) in [5, 5.41) is 14.1. The Morgan fingerprint density at radius 1 is 1.15 bits per heavy atom. The molecule has 0 radical (unpaired) electrons. The number of carboxylic acids is 1. The normalized spacial score (nSPS) is 16.3. The van der Waals surface area contributed by atoms with Crippen LogP contribution in [0, 0.1) is 0 Å². The van der Waals surface area contributed by atoms with Gasteiger partial charge in [0.05, 0.1) is 11.5 Å². The number of benzene rings is 1. The van der Waals surface area contributed by atoms with Crippen molar-refractivity contribution in [3.8, 4) is 0 Å². The predicted molar refractivity (Wildman–Crippen MR) is 94.5 cm³/mol. The first-order valence-corrected chi connectivity index (χ1v) is 8.79. The van der Waals surface area contributed by atoms with E-state index < -0.39 is 29.3 Å². The minimum Gasteiger partial charge on any atom is -0.548 e. The molecule has 0 saturated carbocycles. The molecule has 0 aromatic heterocycles. The summed E-state index contributed by atoms with van der Waals surface area (Å²) in [5.41, 5.74) is -1.43. The summed E-state index contributed by atoms with van der Waals surface area (Å²) in [6.45, 7) is 5.55. The Bertz CT molecular complexity index is 675. The fourth-order valence-electron chi connectivity index (χ4n) is 2.73. The highest BCUT2D eigenvalue weighted by molar-refractivity contribution is 5.83. The van der Waals surface area contributed by atoms with Crippen LogP contribution in [0.2, 0.25) is 0 Å². The van der Waals surface area contributed by atoms with Crippen LogP contribution >= 0.6 is 0 Å². The number of carboxylic acid groups (broad SMARTS) is 1. The molecule has 1 aromatic carbocycles. The Balaban J connectivity index is 1.92. The van der Waals surface area contributed by atoms with E-state index in [1.807, 2.05) is 18.2 Å². The molecule has 1 heterocycles. The van der Waals surface area contributed by atoms with Crippen molar-refractivity contribution < 1.29 is 29.0 Å². The van der Waals surface area contributed by atoms with Crippen LogP contribution in [0.15, 0.2) is 30.3 Å².